The van der Waals surface area contributed by atoms with E-state index in [1.807, 2.05) is 35.1 Å². The third-order valence-corrected chi connectivity index (χ3v) is 5.35. The van der Waals surface area contributed by atoms with E-state index in [0.29, 0.717) is 0 Å². The zero-order valence-electron chi connectivity index (χ0n) is 14.1. The van der Waals surface area contributed by atoms with Gasteiger partial charge in [0.2, 0.25) is 5.91 Å². The summed E-state index contributed by atoms with van der Waals surface area (Å²) in [5, 5.41) is 12.7. The predicted octanol–water partition coefficient (Wildman–Crippen LogP) is 2.57. The van der Waals surface area contributed by atoms with Gasteiger partial charge in [0, 0.05) is 18.6 Å². The fourth-order valence-corrected chi connectivity index (χ4v) is 4.03. The van der Waals surface area contributed by atoms with Gasteiger partial charge in [-0.15, -0.1) is 0 Å². The van der Waals surface area contributed by atoms with Crippen molar-refractivity contribution in [1.82, 2.24) is 14.9 Å². The van der Waals surface area contributed by atoms with Crippen molar-refractivity contribution in [1.29, 1.82) is 0 Å². The van der Waals surface area contributed by atoms with Gasteiger partial charge in [-0.3, -0.25) is 4.79 Å². The number of amides is 1. The largest absolute Gasteiger partial charge is 0.396 e. The topological polar surface area (TPSA) is 67.2 Å². The maximum Gasteiger partial charge on any atom is 0.240 e. The number of carbonyl (C=O) groups is 1. The molecule has 0 bridgehead atoms. The van der Waals surface area contributed by atoms with Gasteiger partial charge in [-0.25, -0.2) is 4.98 Å². The maximum absolute atomic E-state index is 12.6. The molecule has 2 atom stereocenters. The molecule has 6 heteroatoms. The number of hydrogen-bond acceptors (Lipinski definition) is 4. The number of nitrogens with zero attached hydrogens (tertiary/aromatic N) is 2. The number of aromatic nitrogens is 2. The van der Waals surface area contributed by atoms with Gasteiger partial charge in [-0.1, -0.05) is 25.0 Å². The minimum atomic E-state index is 0.00542. The van der Waals surface area contributed by atoms with Crippen LogP contribution in [0, 0.1) is 5.92 Å². The number of thioether (sulfide) groups is 1. The average molecular weight is 347 g/mol. The number of fused-ring (bicyclic) bond motifs is 1. The van der Waals surface area contributed by atoms with Gasteiger partial charge in [0.05, 0.1) is 16.8 Å². The Hall–Kier alpha value is -1.53. The zero-order valence-corrected chi connectivity index (χ0v) is 14.9. The van der Waals surface area contributed by atoms with Crippen molar-refractivity contribution in [3.05, 3.63) is 30.1 Å². The van der Waals surface area contributed by atoms with Crippen LogP contribution in [0.1, 0.15) is 31.5 Å². The molecule has 0 aliphatic heterocycles. The van der Waals surface area contributed by atoms with Gasteiger partial charge >= 0.3 is 0 Å². The summed E-state index contributed by atoms with van der Waals surface area (Å²) in [7, 11) is 0. The molecule has 1 heterocycles. The Kier molecular flexibility index (Phi) is 5.79. The second-order valence-corrected chi connectivity index (χ2v) is 7.30. The number of nitrogens with one attached hydrogen (secondary N) is 1. The Balaban J connectivity index is 1.76. The zero-order chi connectivity index (χ0) is 16.9. The van der Waals surface area contributed by atoms with Gasteiger partial charge < -0.3 is 15.0 Å². The summed E-state index contributed by atoms with van der Waals surface area (Å²) in [5.74, 6) is 1.91. The summed E-state index contributed by atoms with van der Waals surface area (Å²) in [6.45, 7) is 0.432. The molecule has 2 unspecified atom stereocenters. The van der Waals surface area contributed by atoms with E-state index in [4.69, 9.17) is 0 Å². The van der Waals surface area contributed by atoms with Gasteiger partial charge in [-0.05, 0) is 31.2 Å². The average Bonchev–Trinajstić information content (AvgIpc) is 2.93. The number of benzene rings is 1. The molecule has 0 saturated heterocycles. The predicted molar refractivity (Wildman–Crippen MR) is 97.9 cm³/mol. The first kappa shape index (κ1) is 17.3. The minimum Gasteiger partial charge on any atom is -0.396 e. The monoisotopic (exact) mass is 347 g/mol. The van der Waals surface area contributed by atoms with E-state index in [2.05, 4.69) is 10.3 Å². The van der Waals surface area contributed by atoms with E-state index in [-0.39, 0.29) is 31.0 Å². The van der Waals surface area contributed by atoms with Gasteiger partial charge in [0.25, 0.3) is 0 Å². The van der Waals surface area contributed by atoms with E-state index < -0.39 is 0 Å². The second-order valence-electron chi connectivity index (χ2n) is 6.44. The highest BCUT2D eigenvalue weighted by Crippen LogP contribution is 2.24. The number of imidazole rings is 1. The van der Waals surface area contributed by atoms with Crippen LogP contribution in [0.5, 0.6) is 0 Å². The molecule has 1 amide bonds. The molecule has 1 aliphatic rings. The van der Waals surface area contributed by atoms with E-state index in [9.17, 15) is 9.90 Å². The Labute approximate surface area is 146 Å². The Bertz CT molecular complexity index is 701. The summed E-state index contributed by atoms with van der Waals surface area (Å²) < 4.78 is 2.01. The summed E-state index contributed by atoms with van der Waals surface area (Å²) >= 11 is 1.70. The number of rotatable bonds is 6. The third-order valence-electron chi connectivity index (χ3n) is 4.80. The number of para-hydroxylation sites is 2. The number of aliphatic hydroxyl groups is 1. The van der Waals surface area contributed by atoms with Crippen LogP contribution in [0.2, 0.25) is 0 Å². The van der Waals surface area contributed by atoms with Crippen molar-refractivity contribution >= 4 is 28.7 Å². The molecule has 5 nitrogen and oxygen atoms in total. The fourth-order valence-electron chi connectivity index (χ4n) is 3.55. The van der Waals surface area contributed by atoms with Crippen LogP contribution in [0.3, 0.4) is 0 Å². The first-order chi connectivity index (χ1) is 11.7. The Morgan fingerprint density at radius 3 is 2.96 bits per heavy atom. The lowest BCUT2D eigenvalue weighted by Gasteiger charge is -2.31. The first-order valence-electron chi connectivity index (χ1n) is 8.56. The maximum atomic E-state index is 12.6. The summed E-state index contributed by atoms with van der Waals surface area (Å²) in [5.41, 5.74) is 1.93. The highest BCUT2D eigenvalue weighted by molar-refractivity contribution is 7.97. The van der Waals surface area contributed by atoms with Crippen molar-refractivity contribution in [2.75, 3.05) is 12.9 Å². The molecule has 24 heavy (non-hydrogen) atoms. The van der Waals surface area contributed by atoms with Gasteiger partial charge in [0.15, 0.2) is 0 Å². The molecule has 2 aromatic rings. The first-order valence-corrected chi connectivity index (χ1v) is 9.95. The van der Waals surface area contributed by atoms with Gasteiger partial charge in [-0.2, -0.15) is 11.8 Å². The molecular weight excluding hydrogens is 322 g/mol. The highest BCUT2D eigenvalue weighted by atomic mass is 32.2. The molecule has 130 valence electrons. The molecule has 1 aliphatic carbocycles. The van der Waals surface area contributed by atoms with Crippen molar-refractivity contribution in [2.45, 2.75) is 44.0 Å². The lowest BCUT2D eigenvalue weighted by Crippen LogP contribution is -2.44. The third kappa shape index (κ3) is 3.75. The van der Waals surface area contributed by atoms with E-state index >= 15 is 0 Å². The van der Waals surface area contributed by atoms with E-state index in [0.717, 1.165) is 48.3 Å². The summed E-state index contributed by atoms with van der Waals surface area (Å²) in [6.07, 6.45) is 6.25. The Morgan fingerprint density at radius 1 is 1.38 bits per heavy atom. The van der Waals surface area contributed by atoms with Crippen molar-refractivity contribution in [3.63, 3.8) is 0 Å². The molecule has 0 spiro atoms. The lowest BCUT2D eigenvalue weighted by atomic mass is 9.85. The molecular formula is C18H25N3O2S. The molecule has 1 aromatic carbocycles. The molecule has 2 N–H and O–H groups in total. The van der Waals surface area contributed by atoms with Crippen molar-refractivity contribution < 1.29 is 9.90 Å². The van der Waals surface area contributed by atoms with Crippen LogP contribution in [-0.4, -0.2) is 39.5 Å². The minimum absolute atomic E-state index is 0.00542. The smallest absolute Gasteiger partial charge is 0.240 e. The van der Waals surface area contributed by atoms with Gasteiger partial charge in [0.1, 0.15) is 12.4 Å². The molecule has 1 aromatic heterocycles. The summed E-state index contributed by atoms with van der Waals surface area (Å²) in [4.78, 5) is 17.2. The molecule has 1 saturated carbocycles. The van der Waals surface area contributed by atoms with Crippen LogP contribution >= 0.6 is 11.8 Å². The number of aliphatic hydroxyl groups excluding tert-OH is 1. The highest BCUT2D eigenvalue weighted by Gasteiger charge is 2.26. The van der Waals surface area contributed by atoms with E-state index in [1.165, 1.54) is 0 Å². The van der Waals surface area contributed by atoms with Crippen molar-refractivity contribution in [2.24, 2.45) is 5.92 Å². The van der Waals surface area contributed by atoms with Crippen LogP contribution in [0.25, 0.3) is 11.0 Å². The molecule has 0 radical (unpaired) electrons. The standard InChI is InChI=1S/C18H25N3O2S/c1-24-12-17-19-15-8-4-5-9-16(15)21(17)10-18(23)20-14-7-3-2-6-13(14)11-22/h4-5,8-9,13-14,22H,2-3,6-7,10-12H2,1H3,(H,20,23). The molecule has 3 rings (SSSR count). The number of hydrogen-bond donors (Lipinski definition) is 2. The summed E-state index contributed by atoms with van der Waals surface area (Å²) in [6, 6.07) is 8.03. The number of carbonyl (C=O) groups excluding carboxylic acids is 1. The van der Waals surface area contributed by atoms with Crippen LogP contribution in [0.15, 0.2) is 24.3 Å². The lowest BCUT2D eigenvalue weighted by molar-refractivity contribution is -0.123. The van der Waals surface area contributed by atoms with Crippen LogP contribution in [-0.2, 0) is 17.1 Å². The van der Waals surface area contributed by atoms with Crippen molar-refractivity contribution in [3.8, 4) is 0 Å². The molecule has 1 fully saturated rings. The van der Waals surface area contributed by atoms with E-state index in [1.54, 1.807) is 11.8 Å². The SMILES string of the molecule is CSCc1nc2ccccc2n1CC(=O)NC1CCCCC1CO. The second kappa shape index (κ2) is 8.03. The van der Waals surface area contributed by atoms with Crippen LogP contribution < -0.4 is 5.32 Å². The van der Waals surface area contributed by atoms with Crippen LogP contribution in [0.4, 0.5) is 0 Å². The fraction of sp³-hybridized carbons (Fsp3) is 0.556. The quantitative estimate of drug-likeness (QED) is 0.843. The Morgan fingerprint density at radius 2 is 2.17 bits per heavy atom. The normalized spacial score (nSPS) is 21.1.